The van der Waals surface area contributed by atoms with Gasteiger partial charge in [-0.25, -0.2) is 13.2 Å². The molecule has 0 bridgehead atoms. The number of sulfone groups is 1. The van der Waals surface area contributed by atoms with Crippen LogP contribution < -0.4 is 5.76 Å². The number of oxazole rings is 1. The monoisotopic (exact) mass is 450 g/mol. The summed E-state index contributed by atoms with van der Waals surface area (Å²) in [6, 6.07) is 4.74. The Morgan fingerprint density at radius 3 is 2.42 bits per heavy atom. The van der Waals surface area contributed by atoms with Crippen molar-refractivity contribution in [2.24, 2.45) is 0 Å². The highest BCUT2D eigenvalue weighted by atomic mass is 32.2. The van der Waals surface area contributed by atoms with Gasteiger partial charge in [-0.1, -0.05) is 6.92 Å². The molecular formula is C23H34N2O5S. The molecule has 1 aromatic heterocycles. The van der Waals surface area contributed by atoms with Gasteiger partial charge in [-0.3, -0.25) is 9.47 Å². The fraction of sp³-hybridized carbons (Fsp3) is 0.696. The van der Waals surface area contributed by atoms with Gasteiger partial charge >= 0.3 is 5.76 Å². The van der Waals surface area contributed by atoms with Crippen molar-refractivity contribution in [1.29, 1.82) is 0 Å². The van der Waals surface area contributed by atoms with Crippen LogP contribution >= 0.6 is 0 Å². The first-order valence-corrected chi connectivity index (χ1v) is 13.2. The second-order valence-electron chi connectivity index (χ2n) is 9.14. The first kappa shape index (κ1) is 22.6. The molecule has 4 rings (SSSR count). The molecule has 0 radical (unpaired) electrons. The lowest BCUT2D eigenvalue weighted by atomic mass is 9.79. The van der Waals surface area contributed by atoms with Crippen LogP contribution in [0.25, 0.3) is 11.1 Å². The van der Waals surface area contributed by atoms with Gasteiger partial charge in [0.2, 0.25) is 0 Å². The summed E-state index contributed by atoms with van der Waals surface area (Å²) in [5.74, 6) is -0.371. The quantitative estimate of drug-likeness (QED) is 0.666. The number of nitrogens with zero attached hydrogens (tertiary/aromatic N) is 2. The molecule has 0 N–H and O–H groups in total. The number of likely N-dealkylation sites (tertiary alicyclic amines) is 1. The molecule has 0 atom stereocenters. The van der Waals surface area contributed by atoms with Crippen molar-refractivity contribution in [3.63, 3.8) is 0 Å². The van der Waals surface area contributed by atoms with Crippen LogP contribution in [0.3, 0.4) is 0 Å². The van der Waals surface area contributed by atoms with Crippen molar-refractivity contribution in [3.8, 4) is 0 Å². The Morgan fingerprint density at radius 1 is 1.13 bits per heavy atom. The van der Waals surface area contributed by atoms with Crippen molar-refractivity contribution in [2.75, 3.05) is 25.4 Å². The molecule has 1 aliphatic carbocycles. The number of aromatic nitrogens is 1. The van der Waals surface area contributed by atoms with Crippen molar-refractivity contribution in [1.82, 2.24) is 9.47 Å². The molecule has 2 aromatic rings. The van der Waals surface area contributed by atoms with Gasteiger partial charge in [-0.05, 0) is 70.6 Å². The standard InChI is InChI=1S/C23H34N2O5S/c1-4-29-18-8-12-23(3,13-9-18)24-14-10-17(11-15-24)25-20-16-19(31(27,28)5-2)6-7-21(20)30-22(25)26/h6-7,16-18H,4-5,8-15H2,1-3H3/t18-,23-. The zero-order valence-corrected chi connectivity index (χ0v) is 19.6. The summed E-state index contributed by atoms with van der Waals surface area (Å²) in [5.41, 5.74) is 1.22. The molecule has 172 valence electrons. The van der Waals surface area contributed by atoms with Gasteiger partial charge in [0.1, 0.15) is 0 Å². The first-order valence-electron chi connectivity index (χ1n) is 11.5. The second kappa shape index (κ2) is 8.71. The molecule has 2 fully saturated rings. The van der Waals surface area contributed by atoms with Crippen molar-refractivity contribution < 1.29 is 17.6 Å². The lowest BCUT2D eigenvalue weighted by molar-refractivity contribution is -0.0274. The Bertz CT molecular complexity index is 1070. The predicted molar refractivity (Wildman–Crippen MR) is 120 cm³/mol. The molecular weight excluding hydrogens is 416 g/mol. The first-order chi connectivity index (χ1) is 14.8. The highest BCUT2D eigenvalue weighted by Crippen LogP contribution is 2.38. The highest BCUT2D eigenvalue weighted by Gasteiger charge is 2.38. The number of hydrogen-bond acceptors (Lipinski definition) is 6. The summed E-state index contributed by atoms with van der Waals surface area (Å²) in [6.07, 6.45) is 6.56. The van der Waals surface area contributed by atoms with E-state index < -0.39 is 15.6 Å². The predicted octanol–water partition coefficient (Wildman–Crippen LogP) is 3.76. The van der Waals surface area contributed by atoms with E-state index in [0.717, 1.165) is 58.2 Å². The summed E-state index contributed by atoms with van der Waals surface area (Å²) in [4.78, 5) is 15.5. The lowest BCUT2D eigenvalue weighted by Crippen LogP contribution is -2.52. The Labute approximate surface area is 184 Å². The van der Waals surface area contributed by atoms with Crippen LogP contribution in [-0.2, 0) is 14.6 Å². The number of piperidine rings is 1. The number of hydrogen-bond donors (Lipinski definition) is 0. The Morgan fingerprint density at radius 2 is 1.81 bits per heavy atom. The maximum Gasteiger partial charge on any atom is 0.420 e. The summed E-state index contributed by atoms with van der Waals surface area (Å²) >= 11 is 0. The van der Waals surface area contributed by atoms with Crippen molar-refractivity contribution in [3.05, 3.63) is 28.7 Å². The molecule has 7 nitrogen and oxygen atoms in total. The molecule has 1 aliphatic heterocycles. The lowest BCUT2D eigenvalue weighted by Gasteiger charge is -2.48. The summed E-state index contributed by atoms with van der Waals surface area (Å²) < 4.78 is 37.6. The van der Waals surface area contributed by atoms with Gasteiger partial charge in [0.25, 0.3) is 0 Å². The van der Waals surface area contributed by atoms with Crippen molar-refractivity contribution >= 4 is 20.9 Å². The molecule has 0 unspecified atom stereocenters. The van der Waals surface area contributed by atoms with Gasteiger partial charge in [0, 0.05) is 31.3 Å². The third-order valence-electron chi connectivity index (χ3n) is 7.33. The third kappa shape index (κ3) is 4.34. The molecule has 1 saturated carbocycles. The minimum Gasteiger partial charge on any atom is -0.408 e. The SMILES string of the molecule is CCO[C@H]1CC[C@](C)(N2CCC(n3c(=O)oc4ccc(S(=O)(=O)CC)cc43)CC2)CC1. The van der Waals surface area contributed by atoms with Crippen LogP contribution in [0, 0.1) is 0 Å². The largest absolute Gasteiger partial charge is 0.420 e. The second-order valence-corrected chi connectivity index (χ2v) is 11.4. The Kier molecular flexibility index (Phi) is 6.34. The van der Waals surface area contributed by atoms with E-state index in [-0.39, 0.29) is 22.2 Å². The average molecular weight is 451 g/mol. The van der Waals surface area contributed by atoms with Gasteiger partial charge in [-0.15, -0.1) is 0 Å². The van der Waals surface area contributed by atoms with Crippen molar-refractivity contribution in [2.45, 2.75) is 81.9 Å². The van der Waals surface area contributed by atoms with E-state index in [9.17, 15) is 13.2 Å². The molecule has 31 heavy (non-hydrogen) atoms. The fourth-order valence-electron chi connectivity index (χ4n) is 5.31. The zero-order valence-electron chi connectivity index (χ0n) is 18.8. The zero-order chi connectivity index (χ0) is 22.2. The van der Waals surface area contributed by atoms with E-state index in [2.05, 4.69) is 18.7 Å². The number of benzene rings is 1. The summed E-state index contributed by atoms with van der Waals surface area (Å²) in [6.45, 7) is 8.66. The normalized spacial score (nSPS) is 26.5. The van der Waals surface area contributed by atoms with Crippen LogP contribution in [0.4, 0.5) is 0 Å². The summed E-state index contributed by atoms with van der Waals surface area (Å²) in [5, 5.41) is 0. The number of fused-ring (bicyclic) bond motifs is 1. The maximum absolute atomic E-state index is 12.6. The third-order valence-corrected chi connectivity index (χ3v) is 9.06. The van der Waals surface area contributed by atoms with Gasteiger partial charge in [-0.2, -0.15) is 0 Å². The molecule has 8 heteroatoms. The Hall–Kier alpha value is -1.64. The molecule has 0 spiro atoms. The molecule has 0 amide bonds. The smallest absolute Gasteiger partial charge is 0.408 e. The highest BCUT2D eigenvalue weighted by molar-refractivity contribution is 7.91. The van der Waals surface area contributed by atoms with Gasteiger partial charge < -0.3 is 9.15 Å². The van der Waals surface area contributed by atoms with Crippen LogP contribution in [0.1, 0.15) is 65.3 Å². The number of rotatable bonds is 6. The minimum atomic E-state index is -3.34. The van der Waals surface area contributed by atoms with Gasteiger partial charge in [0.05, 0.1) is 22.3 Å². The minimum absolute atomic E-state index is 0.0212. The fourth-order valence-corrected chi connectivity index (χ4v) is 6.21. The van der Waals surface area contributed by atoms with E-state index in [1.807, 2.05) is 0 Å². The molecule has 2 aliphatic rings. The van der Waals surface area contributed by atoms with E-state index in [1.165, 1.54) is 6.07 Å². The summed E-state index contributed by atoms with van der Waals surface area (Å²) in [7, 11) is -3.34. The molecule has 2 heterocycles. The van der Waals surface area contributed by atoms with E-state index >= 15 is 0 Å². The van der Waals surface area contributed by atoms with Crippen LogP contribution in [0.5, 0.6) is 0 Å². The van der Waals surface area contributed by atoms with Crippen LogP contribution in [0.15, 0.2) is 32.3 Å². The van der Waals surface area contributed by atoms with Crippen LogP contribution in [-0.4, -0.2) is 55.0 Å². The molecule has 1 saturated heterocycles. The Balaban J connectivity index is 1.51. The average Bonchev–Trinajstić information content (AvgIpc) is 3.10. The topological polar surface area (TPSA) is 81.8 Å². The van der Waals surface area contributed by atoms with E-state index in [0.29, 0.717) is 17.2 Å². The molecule has 1 aromatic carbocycles. The van der Waals surface area contributed by atoms with Crippen LogP contribution in [0.2, 0.25) is 0 Å². The van der Waals surface area contributed by atoms with E-state index in [1.54, 1.807) is 23.6 Å². The van der Waals surface area contributed by atoms with Gasteiger partial charge in [0.15, 0.2) is 15.4 Å². The number of ether oxygens (including phenoxy) is 1. The van der Waals surface area contributed by atoms with E-state index in [4.69, 9.17) is 9.15 Å². The maximum atomic E-state index is 12.6.